The van der Waals surface area contributed by atoms with Gasteiger partial charge in [-0.1, -0.05) is 30.3 Å². The number of nitrogens with one attached hydrogen (secondary N) is 1. The van der Waals surface area contributed by atoms with Gasteiger partial charge in [-0.3, -0.25) is 19.3 Å². The molecular formula is C15H15N3O3. The zero-order valence-corrected chi connectivity index (χ0v) is 11.6. The minimum Gasteiger partial charge on any atom is -0.342 e. The SMILES string of the molecule is CC(=O)N1C(=O)[C@H](Cc2ccccc2)NC(=O)[C@@H]1CC#N. The average Bonchev–Trinajstić information content (AvgIpc) is 2.45. The van der Waals surface area contributed by atoms with Gasteiger partial charge in [0.15, 0.2) is 0 Å². The topological polar surface area (TPSA) is 90.3 Å². The van der Waals surface area contributed by atoms with Crippen LogP contribution < -0.4 is 5.32 Å². The molecule has 0 spiro atoms. The summed E-state index contributed by atoms with van der Waals surface area (Å²) in [4.78, 5) is 37.0. The quantitative estimate of drug-likeness (QED) is 0.869. The molecule has 6 nitrogen and oxygen atoms in total. The van der Waals surface area contributed by atoms with Crippen LogP contribution in [0.2, 0.25) is 0 Å². The summed E-state index contributed by atoms with van der Waals surface area (Å²) in [6, 6.07) is 9.24. The summed E-state index contributed by atoms with van der Waals surface area (Å²) in [7, 11) is 0. The molecule has 1 aliphatic rings. The van der Waals surface area contributed by atoms with Crippen LogP contribution in [0.15, 0.2) is 30.3 Å². The zero-order chi connectivity index (χ0) is 15.4. The number of hydrogen-bond acceptors (Lipinski definition) is 4. The van der Waals surface area contributed by atoms with Gasteiger partial charge in [0, 0.05) is 13.3 Å². The van der Waals surface area contributed by atoms with Crippen molar-refractivity contribution >= 4 is 17.7 Å². The van der Waals surface area contributed by atoms with Crippen LogP contribution in [0.4, 0.5) is 0 Å². The van der Waals surface area contributed by atoms with Crippen molar-refractivity contribution in [2.75, 3.05) is 0 Å². The van der Waals surface area contributed by atoms with E-state index in [1.165, 1.54) is 6.92 Å². The molecule has 6 heteroatoms. The summed E-state index contributed by atoms with van der Waals surface area (Å²) in [5, 5.41) is 11.3. The molecule has 1 heterocycles. The van der Waals surface area contributed by atoms with E-state index in [0.717, 1.165) is 10.5 Å². The molecule has 0 bridgehead atoms. The van der Waals surface area contributed by atoms with Gasteiger partial charge in [0.1, 0.15) is 12.1 Å². The fourth-order valence-electron chi connectivity index (χ4n) is 2.40. The molecule has 1 aromatic rings. The van der Waals surface area contributed by atoms with E-state index in [0.29, 0.717) is 6.42 Å². The summed E-state index contributed by atoms with van der Waals surface area (Å²) in [5.41, 5.74) is 0.887. The number of nitriles is 1. The Kier molecular flexibility index (Phi) is 4.33. The van der Waals surface area contributed by atoms with Crippen molar-refractivity contribution in [3.63, 3.8) is 0 Å². The smallest absolute Gasteiger partial charge is 0.252 e. The minimum absolute atomic E-state index is 0.199. The molecule has 21 heavy (non-hydrogen) atoms. The van der Waals surface area contributed by atoms with E-state index in [-0.39, 0.29) is 6.42 Å². The highest BCUT2D eigenvalue weighted by Gasteiger charge is 2.42. The van der Waals surface area contributed by atoms with Crippen LogP contribution in [0.25, 0.3) is 0 Å². The average molecular weight is 285 g/mol. The maximum atomic E-state index is 12.4. The van der Waals surface area contributed by atoms with E-state index >= 15 is 0 Å². The van der Waals surface area contributed by atoms with Crippen LogP contribution >= 0.6 is 0 Å². The molecule has 1 aromatic carbocycles. The zero-order valence-electron chi connectivity index (χ0n) is 11.6. The molecule has 108 valence electrons. The Hall–Kier alpha value is -2.68. The van der Waals surface area contributed by atoms with E-state index < -0.39 is 29.8 Å². The molecule has 0 aromatic heterocycles. The lowest BCUT2D eigenvalue weighted by atomic mass is 9.99. The van der Waals surface area contributed by atoms with Gasteiger partial charge >= 0.3 is 0 Å². The van der Waals surface area contributed by atoms with Crippen molar-refractivity contribution in [2.45, 2.75) is 31.8 Å². The van der Waals surface area contributed by atoms with Gasteiger partial charge in [-0.25, -0.2) is 0 Å². The monoisotopic (exact) mass is 285 g/mol. The van der Waals surface area contributed by atoms with E-state index in [1.807, 2.05) is 36.4 Å². The van der Waals surface area contributed by atoms with Gasteiger partial charge in [-0.2, -0.15) is 5.26 Å². The number of piperazine rings is 1. The fraction of sp³-hybridized carbons (Fsp3) is 0.333. The third kappa shape index (κ3) is 3.08. The van der Waals surface area contributed by atoms with Gasteiger partial charge in [0.05, 0.1) is 12.5 Å². The lowest BCUT2D eigenvalue weighted by molar-refractivity contribution is -0.157. The first-order valence-electron chi connectivity index (χ1n) is 6.59. The van der Waals surface area contributed by atoms with E-state index in [1.54, 1.807) is 0 Å². The molecule has 0 saturated carbocycles. The van der Waals surface area contributed by atoms with Gasteiger partial charge in [0.2, 0.25) is 11.8 Å². The molecule has 0 aliphatic carbocycles. The van der Waals surface area contributed by atoms with E-state index in [9.17, 15) is 14.4 Å². The lowest BCUT2D eigenvalue weighted by Gasteiger charge is -2.36. The van der Waals surface area contributed by atoms with Crippen LogP contribution in [0, 0.1) is 11.3 Å². The first kappa shape index (κ1) is 14.7. The number of rotatable bonds is 3. The second-order valence-corrected chi connectivity index (χ2v) is 4.86. The molecule has 2 atom stereocenters. The first-order valence-corrected chi connectivity index (χ1v) is 6.59. The molecule has 0 radical (unpaired) electrons. The minimum atomic E-state index is -1.04. The maximum absolute atomic E-state index is 12.4. The number of carbonyl (C=O) groups excluding carboxylic acids is 3. The van der Waals surface area contributed by atoms with Gasteiger partial charge in [0.25, 0.3) is 5.91 Å². The van der Waals surface area contributed by atoms with E-state index in [2.05, 4.69) is 5.32 Å². The van der Waals surface area contributed by atoms with Crippen molar-refractivity contribution in [3.05, 3.63) is 35.9 Å². The number of amides is 3. The summed E-state index contributed by atoms with van der Waals surface area (Å²) in [5.74, 6) is -1.45. The van der Waals surface area contributed by atoms with Crippen molar-refractivity contribution < 1.29 is 14.4 Å². The molecule has 1 aliphatic heterocycles. The summed E-state index contributed by atoms with van der Waals surface area (Å²) in [6.45, 7) is 1.22. The Bertz CT molecular complexity index is 606. The van der Waals surface area contributed by atoms with Gasteiger partial charge in [-0.15, -0.1) is 0 Å². The van der Waals surface area contributed by atoms with Crippen molar-refractivity contribution in [3.8, 4) is 6.07 Å². The fourth-order valence-corrected chi connectivity index (χ4v) is 2.40. The first-order chi connectivity index (χ1) is 10.0. The van der Waals surface area contributed by atoms with Gasteiger partial charge in [-0.05, 0) is 5.56 Å². The Morgan fingerprint density at radius 2 is 2.00 bits per heavy atom. The number of imide groups is 1. The van der Waals surface area contributed by atoms with Crippen molar-refractivity contribution in [2.24, 2.45) is 0 Å². The molecule has 0 unspecified atom stereocenters. The predicted octanol–water partition coefficient (Wildman–Crippen LogP) is 0.385. The lowest BCUT2D eigenvalue weighted by Crippen LogP contribution is -2.64. The molecule has 2 rings (SSSR count). The number of carbonyl (C=O) groups is 3. The normalized spacial score (nSPS) is 21.6. The number of nitrogens with zero attached hydrogens (tertiary/aromatic N) is 2. The Morgan fingerprint density at radius 3 is 2.57 bits per heavy atom. The maximum Gasteiger partial charge on any atom is 0.252 e. The molecule has 1 N–H and O–H groups in total. The van der Waals surface area contributed by atoms with Crippen LogP contribution in [-0.4, -0.2) is 34.7 Å². The Balaban J connectivity index is 2.23. The summed E-state index contributed by atoms with van der Waals surface area (Å²) in [6.07, 6.45) is 0.115. The number of benzene rings is 1. The van der Waals surface area contributed by atoms with Crippen LogP contribution in [0.5, 0.6) is 0 Å². The van der Waals surface area contributed by atoms with Crippen LogP contribution in [-0.2, 0) is 20.8 Å². The summed E-state index contributed by atoms with van der Waals surface area (Å²) >= 11 is 0. The Labute approximate surface area is 122 Å². The second kappa shape index (κ2) is 6.18. The molecular weight excluding hydrogens is 270 g/mol. The Morgan fingerprint density at radius 1 is 1.33 bits per heavy atom. The van der Waals surface area contributed by atoms with Crippen LogP contribution in [0.3, 0.4) is 0 Å². The number of hydrogen-bond donors (Lipinski definition) is 1. The molecule has 1 saturated heterocycles. The third-order valence-electron chi connectivity index (χ3n) is 3.37. The van der Waals surface area contributed by atoms with Gasteiger partial charge < -0.3 is 5.32 Å². The van der Waals surface area contributed by atoms with Crippen molar-refractivity contribution in [1.82, 2.24) is 10.2 Å². The molecule has 1 fully saturated rings. The van der Waals surface area contributed by atoms with Crippen molar-refractivity contribution in [1.29, 1.82) is 5.26 Å². The standard InChI is InChI=1S/C15H15N3O3/c1-10(19)18-13(7-8-16)14(20)17-12(15(18)21)9-11-5-3-2-4-6-11/h2-6,12-13H,7,9H2,1H3,(H,17,20)/t12-,13-/m0/s1. The predicted molar refractivity (Wildman–Crippen MR) is 73.6 cm³/mol. The summed E-state index contributed by atoms with van der Waals surface area (Å²) < 4.78 is 0. The highest BCUT2D eigenvalue weighted by Crippen LogP contribution is 2.16. The second-order valence-electron chi connectivity index (χ2n) is 4.86. The molecule has 3 amide bonds. The largest absolute Gasteiger partial charge is 0.342 e. The highest BCUT2D eigenvalue weighted by molar-refractivity contribution is 6.06. The highest BCUT2D eigenvalue weighted by atomic mass is 16.2. The van der Waals surface area contributed by atoms with E-state index in [4.69, 9.17) is 5.26 Å². The third-order valence-corrected chi connectivity index (χ3v) is 3.37. The van der Waals surface area contributed by atoms with Crippen LogP contribution in [0.1, 0.15) is 18.9 Å².